The fourth-order valence-electron chi connectivity index (χ4n) is 3.78. The van der Waals surface area contributed by atoms with Crippen molar-refractivity contribution in [3.8, 4) is 0 Å². The van der Waals surface area contributed by atoms with Gasteiger partial charge < -0.3 is 15.4 Å². The lowest BCUT2D eigenvalue weighted by atomic mass is 10.1. The Hall–Kier alpha value is -3.76. The van der Waals surface area contributed by atoms with Gasteiger partial charge in [-0.3, -0.25) is 9.36 Å². The predicted molar refractivity (Wildman–Crippen MR) is 141 cm³/mol. The van der Waals surface area contributed by atoms with Gasteiger partial charge in [0, 0.05) is 22.8 Å². The molecule has 0 saturated heterocycles. The van der Waals surface area contributed by atoms with E-state index in [1.807, 2.05) is 26.0 Å². The monoisotopic (exact) mass is 526 g/mol. The summed E-state index contributed by atoms with van der Waals surface area (Å²) in [5, 5.41) is 15.9. The normalized spacial score (nSPS) is 10.8. The number of carbonyl (C=O) groups excluding carboxylic acids is 1. The molecular weight excluding hydrogens is 503 g/mol. The fourth-order valence-corrected chi connectivity index (χ4v) is 4.21. The van der Waals surface area contributed by atoms with E-state index in [1.165, 1.54) is 13.2 Å². The molecule has 36 heavy (non-hydrogen) atoms. The van der Waals surface area contributed by atoms with Crippen molar-refractivity contribution in [2.45, 2.75) is 26.9 Å². The van der Waals surface area contributed by atoms with Crippen LogP contribution in [0.1, 0.15) is 32.9 Å². The second-order valence-electron chi connectivity index (χ2n) is 8.03. The van der Waals surface area contributed by atoms with Crippen molar-refractivity contribution in [1.82, 2.24) is 19.6 Å². The Balaban J connectivity index is 1.44. The van der Waals surface area contributed by atoms with Crippen molar-refractivity contribution < 1.29 is 13.9 Å². The number of halogens is 2. The van der Waals surface area contributed by atoms with Gasteiger partial charge in [0.1, 0.15) is 5.82 Å². The topological polar surface area (TPSA) is 86.0 Å². The van der Waals surface area contributed by atoms with E-state index in [0.29, 0.717) is 33.6 Å². The molecule has 0 spiro atoms. The van der Waals surface area contributed by atoms with Crippen LogP contribution in [0.2, 0.25) is 5.02 Å². The van der Waals surface area contributed by atoms with Crippen LogP contribution in [-0.2, 0) is 17.8 Å². The number of aryl methyl sites for hydroxylation is 1. The number of esters is 1. The average Bonchev–Trinajstić information content (AvgIpc) is 3.40. The number of hydrogen-bond acceptors (Lipinski definition) is 5. The lowest BCUT2D eigenvalue weighted by Gasteiger charge is -2.11. The quantitative estimate of drug-likeness (QED) is 0.253. The highest BCUT2D eigenvalue weighted by Gasteiger charge is 2.17. The van der Waals surface area contributed by atoms with Crippen molar-refractivity contribution in [2.24, 2.45) is 0 Å². The standard InChI is InChI=1S/C25H24ClFN6O2S/c1-15-23(16(2)33(30-15)13-17-7-4-5-8-18(17)24(34)35-3)29-25(36)28-22-11-12-32(31-22)14-19-20(26)9-6-10-21(19)27/h4-12H,13-14H2,1-3H3,(H2,28,29,31,36). The Kier molecular flexibility index (Phi) is 7.66. The molecule has 186 valence electrons. The minimum absolute atomic E-state index is 0.186. The van der Waals surface area contributed by atoms with E-state index in [9.17, 15) is 9.18 Å². The van der Waals surface area contributed by atoms with Gasteiger partial charge in [0.05, 0.1) is 42.8 Å². The zero-order valence-electron chi connectivity index (χ0n) is 19.9. The first-order chi connectivity index (χ1) is 17.3. The summed E-state index contributed by atoms with van der Waals surface area (Å²) in [6.07, 6.45) is 1.71. The van der Waals surface area contributed by atoms with Crippen LogP contribution in [-0.4, -0.2) is 37.8 Å². The summed E-state index contributed by atoms with van der Waals surface area (Å²) in [4.78, 5) is 12.1. The number of methoxy groups -OCH3 is 1. The molecule has 0 bridgehead atoms. The Morgan fingerprint density at radius 2 is 1.86 bits per heavy atom. The van der Waals surface area contributed by atoms with Crippen molar-refractivity contribution in [3.63, 3.8) is 0 Å². The van der Waals surface area contributed by atoms with Crippen molar-refractivity contribution in [3.05, 3.63) is 93.6 Å². The van der Waals surface area contributed by atoms with Crippen LogP contribution in [0.15, 0.2) is 54.7 Å². The Bertz CT molecular complexity index is 1410. The lowest BCUT2D eigenvalue weighted by Crippen LogP contribution is -2.20. The minimum Gasteiger partial charge on any atom is -0.465 e. The van der Waals surface area contributed by atoms with E-state index in [2.05, 4.69) is 20.8 Å². The number of ether oxygens (including phenoxy) is 1. The molecule has 2 aromatic carbocycles. The molecule has 0 aliphatic heterocycles. The van der Waals surface area contributed by atoms with Crippen molar-refractivity contribution in [1.29, 1.82) is 0 Å². The first kappa shape index (κ1) is 25.3. The summed E-state index contributed by atoms with van der Waals surface area (Å²) in [6, 6.07) is 13.5. The first-order valence-electron chi connectivity index (χ1n) is 11.0. The van der Waals surface area contributed by atoms with E-state index in [0.717, 1.165) is 22.6 Å². The van der Waals surface area contributed by atoms with E-state index >= 15 is 0 Å². The largest absolute Gasteiger partial charge is 0.465 e. The van der Waals surface area contributed by atoms with E-state index < -0.39 is 5.97 Å². The highest BCUT2D eigenvalue weighted by molar-refractivity contribution is 7.80. The van der Waals surface area contributed by atoms with E-state index in [4.69, 9.17) is 28.6 Å². The molecule has 2 aromatic heterocycles. The molecular formula is C25H24ClFN6O2S. The van der Waals surface area contributed by atoms with Crippen LogP contribution >= 0.6 is 23.8 Å². The van der Waals surface area contributed by atoms with Crippen LogP contribution < -0.4 is 10.6 Å². The third-order valence-electron chi connectivity index (χ3n) is 5.63. The molecule has 11 heteroatoms. The molecule has 0 atom stereocenters. The molecule has 8 nitrogen and oxygen atoms in total. The molecule has 4 aromatic rings. The van der Waals surface area contributed by atoms with Gasteiger partial charge in [-0.2, -0.15) is 10.2 Å². The first-order valence-corrected chi connectivity index (χ1v) is 11.8. The smallest absolute Gasteiger partial charge is 0.338 e. The summed E-state index contributed by atoms with van der Waals surface area (Å²) >= 11 is 11.6. The number of aromatic nitrogens is 4. The number of anilines is 2. The Morgan fingerprint density at radius 1 is 1.08 bits per heavy atom. The lowest BCUT2D eigenvalue weighted by molar-refractivity contribution is 0.0599. The molecule has 2 N–H and O–H groups in total. The number of hydrogen-bond donors (Lipinski definition) is 2. The molecule has 4 rings (SSSR count). The molecule has 0 aliphatic carbocycles. The van der Waals surface area contributed by atoms with Gasteiger partial charge in [0.2, 0.25) is 0 Å². The number of nitrogens with one attached hydrogen (secondary N) is 2. The van der Waals surface area contributed by atoms with Gasteiger partial charge in [-0.15, -0.1) is 0 Å². The Labute approximate surface area is 218 Å². The summed E-state index contributed by atoms with van der Waals surface area (Å²) in [6.45, 7) is 4.36. The van der Waals surface area contributed by atoms with Gasteiger partial charge in [0.15, 0.2) is 10.9 Å². The molecule has 0 unspecified atom stereocenters. The summed E-state index contributed by atoms with van der Waals surface area (Å²) in [5.74, 6) is -0.288. The van der Waals surface area contributed by atoms with Gasteiger partial charge in [-0.25, -0.2) is 9.18 Å². The maximum absolute atomic E-state index is 14.1. The van der Waals surface area contributed by atoms with Crippen LogP contribution in [0, 0.1) is 19.7 Å². The van der Waals surface area contributed by atoms with Crippen LogP contribution in [0.5, 0.6) is 0 Å². The number of thiocarbonyl (C=S) groups is 1. The van der Waals surface area contributed by atoms with E-state index in [1.54, 1.807) is 45.9 Å². The van der Waals surface area contributed by atoms with Gasteiger partial charge in [-0.05, 0) is 49.8 Å². The molecule has 2 heterocycles. The maximum atomic E-state index is 14.1. The van der Waals surface area contributed by atoms with Crippen LogP contribution in [0.4, 0.5) is 15.9 Å². The molecule has 0 radical (unpaired) electrons. The summed E-state index contributed by atoms with van der Waals surface area (Å²) in [5.41, 5.74) is 3.99. The van der Waals surface area contributed by atoms with Crippen molar-refractivity contribution >= 4 is 46.4 Å². The number of benzene rings is 2. The molecule has 0 fully saturated rings. The highest BCUT2D eigenvalue weighted by Crippen LogP contribution is 2.23. The zero-order chi connectivity index (χ0) is 25.8. The third-order valence-corrected chi connectivity index (χ3v) is 6.19. The van der Waals surface area contributed by atoms with Gasteiger partial charge in [0.25, 0.3) is 0 Å². The van der Waals surface area contributed by atoms with Gasteiger partial charge >= 0.3 is 5.97 Å². The number of nitrogens with zero attached hydrogens (tertiary/aromatic N) is 4. The summed E-state index contributed by atoms with van der Waals surface area (Å²) < 4.78 is 22.4. The third kappa shape index (κ3) is 5.55. The summed E-state index contributed by atoms with van der Waals surface area (Å²) in [7, 11) is 1.36. The highest BCUT2D eigenvalue weighted by atomic mass is 35.5. The molecule has 0 aliphatic rings. The minimum atomic E-state index is -0.396. The maximum Gasteiger partial charge on any atom is 0.338 e. The van der Waals surface area contributed by atoms with Gasteiger partial charge in [-0.1, -0.05) is 35.9 Å². The number of carbonyl (C=O) groups is 1. The Morgan fingerprint density at radius 3 is 2.61 bits per heavy atom. The van der Waals surface area contributed by atoms with E-state index in [-0.39, 0.29) is 12.4 Å². The predicted octanol–water partition coefficient (Wildman–Crippen LogP) is 5.18. The SMILES string of the molecule is COC(=O)c1ccccc1Cn1nc(C)c(NC(=S)Nc2ccn(Cc3c(F)cccc3Cl)n2)c1C. The van der Waals surface area contributed by atoms with Crippen LogP contribution in [0.3, 0.4) is 0 Å². The molecule has 0 amide bonds. The average molecular weight is 527 g/mol. The number of rotatable bonds is 7. The second-order valence-corrected chi connectivity index (χ2v) is 8.85. The molecule has 0 saturated carbocycles. The van der Waals surface area contributed by atoms with Crippen molar-refractivity contribution in [2.75, 3.05) is 17.7 Å². The second kappa shape index (κ2) is 10.9. The van der Waals surface area contributed by atoms with Crippen LogP contribution in [0.25, 0.3) is 0 Å². The fraction of sp³-hybridized carbons (Fsp3) is 0.200. The zero-order valence-corrected chi connectivity index (χ0v) is 21.5.